The average molecular weight is 249 g/mol. The SMILES string of the molecule is CCNCC1CCOC1c1ccc(OCC)cc1. The smallest absolute Gasteiger partial charge is 0.119 e. The summed E-state index contributed by atoms with van der Waals surface area (Å²) < 4.78 is 11.3. The Morgan fingerprint density at radius 3 is 2.72 bits per heavy atom. The van der Waals surface area contributed by atoms with E-state index in [-0.39, 0.29) is 6.10 Å². The van der Waals surface area contributed by atoms with E-state index < -0.39 is 0 Å². The first-order valence-corrected chi connectivity index (χ1v) is 6.90. The number of nitrogens with one attached hydrogen (secondary N) is 1. The molecule has 1 aromatic carbocycles. The molecular formula is C15H23NO2. The number of hydrogen-bond donors (Lipinski definition) is 1. The third kappa shape index (κ3) is 3.24. The summed E-state index contributed by atoms with van der Waals surface area (Å²) in [6.07, 6.45) is 1.38. The fraction of sp³-hybridized carbons (Fsp3) is 0.600. The van der Waals surface area contributed by atoms with E-state index in [0.29, 0.717) is 12.5 Å². The van der Waals surface area contributed by atoms with Crippen molar-refractivity contribution >= 4 is 0 Å². The van der Waals surface area contributed by atoms with Gasteiger partial charge in [-0.15, -0.1) is 0 Å². The second-order valence-electron chi connectivity index (χ2n) is 4.65. The summed E-state index contributed by atoms with van der Waals surface area (Å²) in [5.74, 6) is 1.52. The van der Waals surface area contributed by atoms with E-state index in [4.69, 9.17) is 9.47 Å². The molecule has 1 aromatic rings. The van der Waals surface area contributed by atoms with Gasteiger partial charge in [-0.1, -0.05) is 19.1 Å². The minimum atomic E-state index is 0.236. The average Bonchev–Trinajstić information content (AvgIpc) is 2.86. The van der Waals surface area contributed by atoms with Crippen LogP contribution in [0, 0.1) is 5.92 Å². The zero-order valence-corrected chi connectivity index (χ0v) is 11.3. The van der Waals surface area contributed by atoms with Crippen LogP contribution in [0.1, 0.15) is 31.9 Å². The highest BCUT2D eigenvalue weighted by Gasteiger charge is 2.28. The second kappa shape index (κ2) is 6.76. The van der Waals surface area contributed by atoms with Crippen molar-refractivity contribution in [2.24, 2.45) is 5.92 Å². The number of ether oxygens (including phenoxy) is 2. The molecule has 0 spiro atoms. The zero-order chi connectivity index (χ0) is 12.8. The summed E-state index contributed by atoms with van der Waals surface area (Å²) in [7, 11) is 0. The van der Waals surface area contributed by atoms with E-state index >= 15 is 0 Å². The monoisotopic (exact) mass is 249 g/mol. The van der Waals surface area contributed by atoms with Crippen LogP contribution in [0.3, 0.4) is 0 Å². The molecule has 1 N–H and O–H groups in total. The van der Waals surface area contributed by atoms with Crippen molar-refractivity contribution in [2.45, 2.75) is 26.4 Å². The molecule has 1 fully saturated rings. The molecule has 3 heteroatoms. The van der Waals surface area contributed by atoms with Gasteiger partial charge in [0.2, 0.25) is 0 Å². The number of rotatable bonds is 6. The van der Waals surface area contributed by atoms with Gasteiger partial charge < -0.3 is 14.8 Å². The van der Waals surface area contributed by atoms with Crippen LogP contribution in [0.2, 0.25) is 0 Å². The third-order valence-corrected chi connectivity index (χ3v) is 3.39. The highest BCUT2D eigenvalue weighted by atomic mass is 16.5. The van der Waals surface area contributed by atoms with Gasteiger partial charge in [0.15, 0.2) is 0 Å². The van der Waals surface area contributed by atoms with Crippen LogP contribution in [0.25, 0.3) is 0 Å². The van der Waals surface area contributed by atoms with Crippen molar-refractivity contribution in [3.63, 3.8) is 0 Å². The molecule has 1 aliphatic rings. The lowest BCUT2D eigenvalue weighted by Crippen LogP contribution is -2.24. The van der Waals surface area contributed by atoms with Gasteiger partial charge in [0, 0.05) is 19.1 Å². The van der Waals surface area contributed by atoms with Crippen molar-refractivity contribution in [3.8, 4) is 5.75 Å². The number of benzene rings is 1. The van der Waals surface area contributed by atoms with Crippen molar-refractivity contribution in [1.29, 1.82) is 0 Å². The topological polar surface area (TPSA) is 30.5 Å². The lowest BCUT2D eigenvalue weighted by Gasteiger charge is -2.19. The van der Waals surface area contributed by atoms with E-state index in [9.17, 15) is 0 Å². The molecule has 1 heterocycles. The number of hydrogen-bond acceptors (Lipinski definition) is 3. The summed E-state index contributed by atoms with van der Waals surface area (Å²) in [5.41, 5.74) is 1.26. The third-order valence-electron chi connectivity index (χ3n) is 3.39. The van der Waals surface area contributed by atoms with Crippen molar-refractivity contribution in [1.82, 2.24) is 5.32 Å². The highest BCUT2D eigenvalue weighted by Crippen LogP contribution is 2.34. The van der Waals surface area contributed by atoms with E-state index in [1.165, 1.54) is 5.56 Å². The van der Waals surface area contributed by atoms with E-state index in [1.807, 2.05) is 19.1 Å². The Hall–Kier alpha value is -1.06. The fourth-order valence-electron chi connectivity index (χ4n) is 2.46. The van der Waals surface area contributed by atoms with Gasteiger partial charge in [-0.05, 0) is 37.6 Å². The summed E-state index contributed by atoms with van der Waals surface area (Å²) in [6.45, 7) is 7.78. The molecule has 0 aromatic heterocycles. The second-order valence-corrected chi connectivity index (χ2v) is 4.65. The first-order valence-electron chi connectivity index (χ1n) is 6.90. The zero-order valence-electron chi connectivity index (χ0n) is 11.3. The van der Waals surface area contributed by atoms with Crippen LogP contribution in [0.5, 0.6) is 5.75 Å². The first kappa shape index (κ1) is 13.4. The Morgan fingerprint density at radius 1 is 1.28 bits per heavy atom. The predicted octanol–water partition coefficient (Wildman–Crippen LogP) is 2.77. The molecule has 18 heavy (non-hydrogen) atoms. The van der Waals surface area contributed by atoms with E-state index in [0.717, 1.165) is 31.9 Å². The fourth-order valence-corrected chi connectivity index (χ4v) is 2.46. The van der Waals surface area contributed by atoms with Gasteiger partial charge in [0.25, 0.3) is 0 Å². The van der Waals surface area contributed by atoms with E-state index in [2.05, 4.69) is 24.4 Å². The summed E-state index contributed by atoms with van der Waals surface area (Å²) in [6, 6.07) is 8.31. The van der Waals surface area contributed by atoms with Crippen molar-refractivity contribution in [3.05, 3.63) is 29.8 Å². The maximum Gasteiger partial charge on any atom is 0.119 e. The minimum absolute atomic E-state index is 0.236. The molecule has 0 radical (unpaired) electrons. The molecule has 0 aliphatic carbocycles. The Labute approximate surface area is 109 Å². The van der Waals surface area contributed by atoms with Crippen molar-refractivity contribution < 1.29 is 9.47 Å². The summed E-state index contributed by atoms with van der Waals surface area (Å²) in [5, 5.41) is 3.42. The quantitative estimate of drug-likeness (QED) is 0.841. The maximum atomic E-state index is 5.87. The van der Waals surface area contributed by atoms with Gasteiger partial charge in [-0.2, -0.15) is 0 Å². The van der Waals surface area contributed by atoms with Gasteiger partial charge >= 0.3 is 0 Å². The van der Waals surface area contributed by atoms with Crippen LogP contribution in [0.15, 0.2) is 24.3 Å². The summed E-state index contributed by atoms with van der Waals surface area (Å²) in [4.78, 5) is 0. The molecule has 2 atom stereocenters. The normalized spacial score (nSPS) is 23.2. The lowest BCUT2D eigenvalue weighted by molar-refractivity contribution is 0.0906. The molecular weight excluding hydrogens is 226 g/mol. The molecule has 1 aliphatic heterocycles. The van der Waals surface area contributed by atoms with Gasteiger partial charge in [-0.25, -0.2) is 0 Å². The maximum absolute atomic E-state index is 5.87. The van der Waals surface area contributed by atoms with Crippen LogP contribution in [-0.4, -0.2) is 26.3 Å². The highest BCUT2D eigenvalue weighted by molar-refractivity contribution is 5.29. The van der Waals surface area contributed by atoms with Crippen LogP contribution >= 0.6 is 0 Å². The van der Waals surface area contributed by atoms with Gasteiger partial charge in [0.05, 0.1) is 12.7 Å². The molecule has 0 saturated carbocycles. The van der Waals surface area contributed by atoms with Crippen LogP contribution < -0.4 is 10.1 Å². The molecule has 2 rings (SSSR count). The first-order chi connectivity index (χ1) is 8.85. The van der Waals surface area contributed by atoms with Gasteiger partial charge in [-0.3, -0.25) is 0 Å². The van der Waals surface area contributed by atoms with Crippen molar-refractivity contribution in [2.75, 3.05) is 26.3 Å². The molecule has 3 nitrogen and oxygen atoms in total. The van der Waals surface area contributed by atoms with Crippen LogP contribution in [0.4, 0.5) is 0 Å². The Balaban J connectivity index is 2.00. The molecule has 100 valence electrons. The lowest BCUT2D eigenvalue weighted by atomic mass is 9.95. The Kier molecular flexibility index (Phi) is 5.02. The molecule has 0 amide bonds. The Morgan fingerprint density at radius 2 is 2.06 bits per heavy atom. The molecule has 1 saturated heterocycles. The van der Waals surface area contributed by atoms with Gasteiger partial charge in [0.1, 0.15) is 5.75 Å². The molecule has 0 bridgehead atoms. The standard InChI is InChI=1S/C15H23NO2/c1-3-16-11-13-9-10-18-15(13)12-5-7-14(8-6-12)17-4-2/h5-8,13,15-16H,3-4,9-11H2,1-2H3. The largest absolute Gasteiger partial charge is 0.494 e. The summed E-state index contributed by atoms with van der Waals surface area (Å²) >= 11 is 0. The predicted molar refractivity (Wildman–Crippen MR) is 73.0 cm³/mol. The van der Waals surface area contributed by atoms with Crippen LogP contribution in [-0.2, 0) is 4.74 Å². The molecule has 2 unspecified atom stereocenters. The minimum Gasteiger partial charge on any atom is -0.494 e. The Bertz CT molecular complexity index is 350. The van der Waals surface area contributed by atoms with E-state index in [1.54, 1.807) is 0 Å².